The lowest BCUT2D eigenvalue weighted by Crippen LogP contribution is -2.59. The van der Waals surface area contributed by atoms with Crippen LogP contribution in [-0.2, 0) is 0 Å². The van der Waals surface area contributed by atoms with Crippen molar-refractivity contribution in [3.05, 3.63) is 23.8 Å². The minimum atomic E-state index is -0.574. The van der Waals surface area contributed by atoms with E-state index in [1.165, 1.54) is 45.4 Å². The smallest absolute Gasteiger partial charge is 0.161 e. The molecule has 0 unspecified atom stereocenters. The highest BCUT2D eigenvalue weighted by Gasteiger charge is 2.50. The summed E-state index contributed by atoms with van der Waals surface area (Å²) in [5.74, 6) is 3.73. The molecular weight excluding hydrogens is 342 g/mol. The number of hydrogen-bond acceptors (Lipinski definition) is 5. The summed E-state index contributed by atoms with van der Waals surface area (Å²) in [4.78, 5) is 11.5. The third-order valence-corrected chi connectivity index (χ3v) is 6.75. The van der Waals surface area contributed by atoms with Crippen molar-refractivity contribution in [3.63, 3.8) is 0 Å². The van der Waals surface area contributed by atoms with E-state index in [-0.39, 0.29) is 17.9 Å². The first-order valence-corrected chi connectivity index (χ1v) is 10.2. The van der Waals surface area contributed by atoms with Gasteiger partial charge in [0.2, 0.25) is 0 Å². The molecule has 0 spiro atoms. The Morgan fingerprint density at radius 3 is 2.37 bits per heavy atom. The van der Waals surface area contributed by atoms with Gasteiger partial charge in [-0.3, -0.25) is 4.79 Å². The van der Waals surface area contributed by atoms with Crippen molar-refractivity contribution in [2.75, 3.05) is 20.3 Å². The summed E-state index contributed by atoms with van der Waals surface area (Å²) < 4.78 is 11.1. The Hall–Kier alpha value is -1.59. The van der Waals surface area contributed by atoms with E-state index >= 15 is 0 Å². The van der Waals surface area contributed by atoms with Crippen LogP contribution in [-0.4, -0.2) is 42.8 Å². The molecule has 0 heterocycles. The average Bonchev–Trinajstić information content (AvgIpc) is 2.63. The molecule has 0 aliphatic heterocycles. The van der Waals surface area contributed by atoms with Crippen LogP contribution in [0.3, 0.4) is 0 Å². The van der Waals surface area contributed by atoms with Gasteiger partial charge in [-0.25, -0.2) is 0 Å². The monoisotopic (exact) mass is 373 g/mol. The van der Waals surface area contributed by atoms with E-state index in [1.807, 2.05) is 0 Å². The minimum absolute atomic E-state index is 0.0142. The minimum Gasteiger partial charge on any atom is -0.493 e. The van der Waals surface area contributed by atoms with Gasteiger partial charge >= 0.3 is 0 Å². The molecule has 2 N–H and O–H groups in total. The van der Waals surface area contributed by atoms with Gasteiger partial charge in [0, 0.05) is 17.6 Å². The van der Waals surface area contributed by atoms with Gasteiger partial charge in [0.25, 0.3) is 0 Å². The summed E-state index contributed by atoms with van der Waals surface area (Å²) in [5, 5.41) is 14.1. The number of benzene rings is 1. The van der Waals surface area contributed by atoms with Crippen molar-refractivity contribution in [2.24, 2.45) is 17.8 Å². The Kier molecular flexibility index (Phi) is 5.17. The number of Topliss-reactive ketones (excluding diaryl/α,β-unsaturated/α-hetero) is 1. The second kappa shape index (κ2) is 7.44. The Bertz CT molecular complexity index is 666. The number of carbonyl (C=O) groups is 1. The molecule has 4 fully saturated rings. The zero-order valence-corrected chi connectivity index (χ0v) is 16.4. The number of carbonyl (C=O) groups excluding carboxylic acids is 1. The lowest BCUT2D eigenvalue weighted by Gasteiger charge is -2.57. The Balaban J connectivity index is 1.30. The molecule has 0 saturated heterocycles. The first kappa shape index (κ1) is 18.8. The van der Waals surface area contributed by atoms with E-state index in [0.29, 0.717) is 23.6 Å². The number of ether oxygens (including phenoxy) is 2. The van der Waals surface area contributed by atoms with E-state index in [2.05, 4.69) is 5.32 Å². The highest BCUT2D eigenvalue weighted by atomic mass is 16.5. The van der Waals surface area contributed by atoms with Crippen LogP contribution in [0.1, 0.15) is 55.8 Å². The summed E-state index contributed by atoms with van der Waals surface area (Å²) in [5.41, 5.74) is 0.833. The molecule has 1 atom stereocenters. The maximum absolute atomic E-state index is 11.5. The zero-order valence-electron chi connectivity index (χ0n) is 16.4. The van der Waals surface area contributed by atoms with Crippen LogP contribution < -0.4 is 14.8 Å². The van der Waals surface area contributed by atoms with Gasteiger partial charge in [-0.1, -0.05) is 0 Å². The van der Waals surface area contributed by atoms with Gasteiger partial charge in [0.05, 0.1) is 7.11 Å². The first-order valence-electron chi connectivity index (χ1n) is 10.2. The van der Waals surface area contributed by atoms with Crippen molar-refractivity contribution in [1.82, 2.24) is 5.32 Å². The standard InChI is InChI=1S/C22H31NO4/c1-14(24)18-3-4-20(21(8-18)26-2)27-13-19(25)12-23-22-9-15-5-16(10-22)7-17(6-15)11-22/h3-4,8,15-17,19,23,25H,5-7,9-13H2,1-2H3/t15?,16?,17?,19-,22?/m0/s1. The number of aliphatic hydroxyl groups excluding tert-OH is 1. The highest BCUT2D eigenvalue weighted by molar-refractivity contribution is 5.94. The van der Waals surface area contributed by atoms with Gasteiger partial charge in [0.15, 0.2) is 17.3 Å². The molecule has 1 aromatic carbocycles. The van der Waals surface area contributed by atoms with E-state index in [1.54, 1.807) is 25.3 Å². The number of ketones is 1. The summed E-state index contributed by atoms with van der Waals surface area (Å²) in [6.45, 7) is 2.28. The number of methoxy groups -OCH3 is 1. The second-order valence-corrected chi connectivity index (χ2v) is 8.97. The quantitative estimate of drug-likeness (QED) is 0.685. The number of hydrogen-bond donors (Lipinski definition) is 2. The van der Waals surface area contributed by atoms with Crippen molar-refractivity contribution in [3.8, 4) is 11.5 Å². The molecule has 4 aliphatic rings. The average molecular weight is 373 g/mol. The Morgan fingerprint density at radius 2 is 1.81 bits per heavy atom. The summed E-state index contributed by atoms with van der Waals surface area (Å²) in [6.07, 6.45) is 7.50. The van der Waals surface area contributed by atoms with Crippen LogP contribution >= 0.6 is 0 Å². The predicted molar refractivity (Wildman–Crippen MR) is 103 cm³/mol. The number of aliphatic hydroxyl groups is 1. The van der Waals surface area contributed by atoms with E-state index in [9.17, 15) is 9.90 Å². The molecule has 4 saturated carbocycles. The maximum Gasteiger partial charge on any atom is 0.161 e. The topological polar surface area (TPSA) is 67.8 Å². The molecule has 5 nitrogen and oxygen atoms in total. The number of nitrogens with one attached hydrogen (secondary N) is 1. The molecule has 5 rings (SSSR count). The summed E-state index contributed by atoms with van der Waals surface area (Å²) in [6, 6.07) is 5.13. The lowest BCUT2D eigenvalue weighted by atomic mass is 9.53. The highest BCUT2D eigenvalue weighted by Crippen LogP contribution is 2.55. The first-order chi connectivity index (χ1) is 13.0. The molecule has 1 aromatic rings. The van der Waals surface area contributed by atoms with Gasteiger partial charge in [-0.05, 0) is 81.4 Å². The molecule has 148 valence electrons. The van der Waals surface area contributed by atoms with E-state index in [4.69, 9.17) is 9.47 Å². The lowest BCUT2D eigenvalue weighted by molar-refractivity contribution is -0.0267. The van der Waals surface area contributed by atoms with E-state index < -0.39 is 6.10 Å². The van der Waals surface area contributed by atoms with Crippen molar-refractivity contribution >= 4 is 5.78 Å². The summed E-state index contributed by atoms with van der Waals surface area (Å²) >= 11 is 0. The maximum atomic E-state index is 11.5. The number of rotatable bonds is 8. The van der Waals surface area contributed by atoms with Crippen LogP contribution in [0.2, 0.25) is 0 Å². The fourth-order valence-corrected chi connectivity index (χ4v) is 5.91. The van der Waals surface area contributed by atoms with Gasteiger partial charge < -0.3 is 19.9 Å². The third kappa shape index (κ3) is 3.99. The largest absolute Gasteiger partial charge is 0.493 e. The predicted octanol–water partition coefficient (Wildman–Crippen LogP) is 3.20. The van der Waals surface area contributed by atoms with Gasteiger partial charge in [-0.15, -0.1) is 0 Å². The SMILES string of the molecule is COc1cc(C(C)=O)ccc1OC[C@@H](O)CNC12CC3CC(CC(C3)C1)C2. The van der Waals surface area contributed by atoms with Crippen LogP contribution in [0.5, 0.6) is 11.5 Å². The second-order valence-electron chi connectivity index (χ2n) is 8.97. The van der Waals surface area contributed by atoms with E-state index in [0.717, 1.165) is 17.8 Å². The van der Waals surface area contributed by atoms with Crippen LogP contribution in [0.25, 0.3) is 0 Å². The molecule has 4 bridgehead atoms. The molecular formula is C22H31NO4. The van der Waals surface area contributed by atoms with Crippen LogP contribution in [0.15, 0.2) is 18.2 Å². The van der Waals surface area contributed by atoms with Gasteiger partial charge in [-0.2, -0.15) is 0 Å². The van der Waals surface area contributed by atoms with Crippen molar-refractivity contribution in [1.29, 1.82) is 0 Å². The molecule has 0 amide bonds. The Morgan fingerprint density at radius 1 is 1.19 bits per heavy atom. The zero-order chi connectivity index (χ0) is 19.0. The molecule has 0 radical (unpaired) electrons. The van der Waals surface area contributed by atoms with Crippen LogP contribution in [0.4, 0.5) is 0 Å². The van der Waals surface area contributed by atoms with Gasteiger partial charge in [0.1, 0.15) is 12.7 Å². The third-order valence-electron chi connectivity index (χ3n) is 6.75. The fourth-order valence-electron chi connectivity index (χ4n) is 5.91. The molecule has 4 aliphatic carbocycles. The molecule has 0 aromatic heterocycles. The van der Waals surface area contributed by atoms with Crippen LogP contribution in [0, 0.1) is 17.8 Å². The summed E-state index contributed by atoms with van der Waals surface area (Å²) in [7, 11) is 1.55. The number of β-amino-alcohol motifs (C(OH)–C–C–N with tert-alkyl or cyclic N) is 1. The fraction of sp³-hybridized carbons (Fsp3) is 0.682. The Labute approximate surface area is 161 Å². The van der Waals surface area contributed by atoms with Crippen molar-refractivity contribution < 1.29 is 19.4 Å². The molecule has 27 heavy (non-hydrogen) atoms. The normalized spacial score (nSPS) is 32.3. The van der Waals surface area contributed by atoms with Crippen molar-refractivity contribution in [2.45, 2.75) is 57.1 Å². The molecule has 5 heteroatoms.